The van der Waals surface area contributed by atoms with Crippen molar-refractivity contribution in [2.24, 2.45) is 0 Å². The van der Waals surface area contributed by atoms with Gasteiger partial charge in [0.1, 0.15) is 6.04 Å². The van der Waals surface area contributed by atoms with Crippen molar-refractivity contribution in [1.29, 1.82) is 0 Å². The van der Waals surface area contributed by atoms with E-state index in [2.05, 4.69) is 10.2 Å². The lowest BCUT2D eigenvalue weighted by atomic mass is 10.0. The van der Waals surface area contributed by atoms with Crippen LogP contribution in [0.1, 0.15) is 24.4 Å². The second-order valence-corrected chi connectivity index (χ2v) is 8.12. The number of nitrogens with zero attached hydrogens (tertiary/aromatic N) is 2. The monoisotopic (exact) mass is 463 g/mol. The number of aliphatic carboxylic acids is 1. The number of benzene rings is 2. The van der Waals surface area contributed by atoms with Crippen LogP contribution in [0.2, 0.25) is 10.0 Å². The minimum Gasteiger partial charge on any atom is -0.481 e. The maximum atomic E-state index is 13.3. The fourth-order valence-corrected chi connectivity index (χ4v) is 3.99. The lowest BCUT2D eigenvalue weighted by Crippen LogP contribution is -2.52. The molecule has 1 aliphatic rings. The first-order valence-electron chi connectivity index (χ1n) is 9.89. The zero-order valence-electron chi connectivity index (χ0n) is 16.8. The van der Waals surface area contributed by atoms with E-state index in [0.717, 1.165) is 5.69 Å². The molecule has 2 amide bonds. The van der Waals surface area contributed by atoms with Gasteiger partial charge < -0.3 is 20.2 Å². The number of hydrogen-bond acceptors (Lipinski definition) is 4. The topological polar surface area (TPSA) is 89.9 Å². The third-order valence-corrected chi connectivity index (χ3v) is 5.49. The molecule has 0 aliphatic carbocycles. The summed E-state index contributed by atoms with van der Waals surface area (Å²) >= 11 is 12.2. The number of carboxylic acids is 1. The van der Waals surface area contributed by atoms with E-state index in [1.165, 1.54) is 0 Å². The summed E-state index contributed by atoms with van der Waals surface area (Å²) in [6.07, 6.45) is -0.475. The average molecular weight is 464 g/mol. The van der Waals surface area contributed by atoms with Crippen molar-refractivity contribution in [2.45, 2.75) is 18.9 Å². The number of carbonyl (C=O) groups excluding carboxylic acids is 2. The molecule has 0 aromatic heterocycles. The second kappa shape index (κ2) is 10.5. The number of carboxylic acid groups (broad SMARTS) is 1. The third kappa shape index (κ3) is 6.35. The fourth-order valence-electron chi connectivity index (χ4n) is 3.48. The van der Waals surface area contributed by atoms with Gasteiger partial charge in [-0.2, -0.15) is 0 Å². The molecule has 0 unspecified atom stereocenters. The smallest absolute Gasteiger partial charge is 0.303 e. The van der Waals surface area contributed by atoms with Gasteiger partial charge in [0.15, 0.2) is 0 Å². The van der Waals surface area contributed by atoms with Gasteiger partial charge in [0.05, 0.1) is 6.42 Å². The molecule has 2 aromatic rings. The predicted molar refractivity (Wildman–Crippen MR) is 119 cm³/mol. The summed E-state index contributed by atoms with van der Waals surface area (Å²) in [6.45, 7) is 2.13. The summed E-state index contributed by atoms with van der Waals surface area (Å²) in [7, 11) is 0. The summed E-state index contributed by atoms with van der Waals surface area (Å²) in [6, 6.07) is 13.4. The van der Waals surface area contributed by atoms with Crippen LogP contribution in [-0.2, 0) is 14.4 Å². The lowest BCUT2D eigenvalue weighted by Gasteiger charge is -2.38. The normalized spacial score (nSPS) is 14.8. The number of hydrogen-bond donors (Lipinski definition) is 2. The van der Waals surface area contributed by atoms with Crippen molar-refractivity contribution in [1.82, 2.24) is 10.2 Å². The van der Waals surface area contributed by atoms with Crippen LogP contribution in [0.25, 0.3) is 0 Å². The van der Waals surface area contributed by atoms with Gasteiger partial charge in [-0.05, 0) is 23.8 Å². The number of anilines is 1. The molecule has 9 heteroatoms. The Labute approximate surface area is 190 Å². The van der Waals surface area contributed by atoms with Gasteiger partial charge in [-0.1, -0.05) is 53.5 Å². The molecular weight excluding hydrogens is 441 g/mol. The number of rotatable bonds is 7. The van der Waals surface area contributed by atoms with Crippen molar-refractivity contribution >= 4 is 46.7 Å². The van der Waals surface area contributed by atoms with Gasteiger partial charge in [-0.3, -0.25) is 14.4 Å². The van der Waals surface area contributed by atoms with E-state index in [9.17, 15) is 14.4 Å². The Morgan fingerprint density at radius 3 is 2.13 bits per heavy atom. The largest absolute Gasteiger partial charge is 0.481 e. The quantitative estimate of drug-likeness (QED) is 0.656. The van der Waals surface area contributed by atoms with Crippen LogP contribution in [0.3, 0.4) is 0 Å². The van der Waals surface area contributed by atoms with E-state index in [1.54, 1.807) is 35.2 Å². The van der Waals surface area contributed by atoms with Crippen molar-refractivity contribution in [3.8, 4) is 0 Å². The summed E-state index contributed by atoms with van der Waals surface area (Å²) in [5.41, 5.74) is 1.55. The Morgan fingerprint density at radius 1 is 0.935 bits per heavy atom. The molecule has 1 heterocycles. The van der Waals surface area contributed by atoms with Crippen LogP contribution in [0.4, 0.5) is 5.69 Å². The standard InChI is InChI=1S/C22H23Cl2N3O4/c23-16-12-17(24)14-18(13-16)26-8-10-27(11-9-26)22(31)21(15-4-2-1-3-5-15)25-19(28)6-7-20(29)30/h1-5,12-14,21H,6-11H2,(H,25,28)(H,29,30)/t21-/m1/s1. The molecule has 7 nitrogen and oxygen atoms in total. The maximum absolute atomic E-state index is 13.3. The third-order valence-electron chi connectivity index (χ3n) is 5.05. The van der Waals surface area contributed by atoms with E-state index in [0.29, 0.717) is 41.8 Å². The van der Waals surface area contributed by atoms with Crippen LogP contribution < -0.4 is 10.2 Å². The first-order chi connectivity index (χ1) is 14.8. The number of carbonyl (C=O) groups is 3. The van der Waals surface area contributed by atoms with E-state index in [1.807, 2.05) is 18.2 Å². The highest BCUT2D eigenvalue weighted by Crippen LogP contribution is 2.27. The Hall–Kier alpha value is -2.77. The van der Waals surface area contributed by atoms with Crippen LogP contribution in [-0.4, -0.2) is 54.0 Å². The molecule has 1 saturated heterocycles. The van der Waals surface area contributed by atoms with Crippen molar-refractivity contribution in [2.75, 3.05) is 31.1 Å². The fraction of sp³-hybridized carbons (Fsp3) is 0.318. The van der Waals surface area contributed by atoms with E-state index >= 15 is 0 Å². The summed E-state index contributed by atoms with van der Waals surface area (Å²) in [4.78, 5) is 40.1. The van der Waals surface area contributed by atoms with Gasteiger partial charge in [0.25, 0.3) is 0 Å². The van der Waals surface area contributed by atoms with Crippen LogP contribution in [0, 0.1) is 0 Å². The molecule has 2 N–H and O–H groups in total. The van der Waals surface area contributed by atoms with E-state index in [-0.39, 0.29) is 18.7 Å². The zero-order chi connectivity index (χ0) is 22.4. The number of halogens is 2. The molecule has 1 fully saturated rings. The molecule has 164 valence electrons. The van der Waals surface area contributed by atoms with Gasteiger partial charge in [-0.25, -0.2) is 0 Å². The van der Waals surface area contributed by atoms with Gasteiger partial charge in [0, 0.05) is 48.3 Å². The maximum Gasteiger partial charge on any atom is 0.303 e. The molecule has 31 heavy (non-hydrogen) atoms. The highest BCUT2D eigenvalue weighted by Gasteiger charge is 2.30. The van der Waals surface area contributed by atoms with Crippen molar-refractivity contribution < 1.29 is 19.5 Å². The summed E-state index contributed by atoms with van der Waals surface area (Å²) in [5.74, 6) is -1.76. The highest BCUT2D eigenvalue weighted by molar-refractivity contribution is 6.35. The Morgan fingerprint density at radius 2 is 1.55 bits per heavy atom. The van der Waals surface area contributed by atoms with Gasteiger partial charge in [-0.15, -0.1) is 0 Å². The highest BCUT2D eigenvalue weighted by atomic mass is 35.5. The predicted octanol–water partition coefficient (Wildman–Crippen LogP) is 3.36. The molecule has 2 aromatic carbocycles. The SMILES string of the molecule is O=C(O)CCC(=O)N[C@@H](C(=O)N1CCN(c2cc(Cl)cc(Cl)c2)CC1)c1ccccc1. The Bertz CT molecular complexity index is 927. The minimum absolute atomic E-state index is 0.185. The molecule has 1 atom stereocenters. The molecule has 0 bridgehead atoms. The number of nitrogens with one attached hydrogen (secondary N) is 1. The summed E-state index contributed by atoms with van der Waals surface area (Å²) in [5, 5.41) is 12.6. The number of piperazine rings is 1. The second-order valence-electron chi connectivity index (χ2n) is 7.24. The molecule has 0 saturated carbocycles. The first kappa shape index (κ1) is 22.9. The Kier molecular flexibility index (Phi) is 7.76. The van der Waals surface area contributed by atoms with Gasteiger partial charge >= 0.3 is 5.97 Å². The van der Waals surface area contributed by atoms with Crippen LogP contribution >= 0.6 is 23.2 Å². The van der Waals surface area contributed by atoms with E-state index in [4.69, 9.17) is 28.3 Å². The summed E-state index contributed by atoms with van der Waals surface area (Å²) < 4.78 is 0. The average Bonchev–Trinajstić information content (AvgIpc) is 2.75. The number of amides is 2. The zero-order valence-corrected chi connectivity index (χ0v) is 18.3. The first-order valence-corrected chi connectivity index (χ1v) is 10.6. The lowest BCUT2D eigenvalue weighted by molar-refractivity contribution is -0.139. The van der Waals surface area contributed by atoms with Gasteiger partial charge in [0.2, 0.25) is 11.8 Å². The molecule has 3 rings (SSSR count). The Balaban J connectivity index is 1.68. The van der Waals surface area contributed by atoms with Crippen LogP contribution in [0.15, 0.2) is 48.5 Å². The van der Waals surface area contributed by atoms with E-state index < -0.39 is 17.9 Å². The molecular formula is C22H23Cl2N3O4. The molecule has 0 spiro atoms. The molecule has 1 aliphatic heterocycles. The van der Waals surface area contributed by atoms with Crippen LogP contribution in [0.5, 0.6) is 0 Å². The van der Waals surface area contributed by atoms with Crippen molar-refractivity contribution in [3.63, 3.8) is 0 Å². The van der Waals surface area contributed by atoms with Crippen molar-refractivity contribution in [3.05, 3.63) is 64.1 Å². The minimum atomic E-state index is -1.06. The molecule has 0 radical (unpaired) electrons.